The van der Waals surface area contributed by atoms with Crippen LogP contribution in [0.15, 0.2) is 117 Å². The van der Waals surface area contributed by atoms with Crippen LogP contribution in [0.25, 0.3) is 5.57 Å². The molecule has 3 heterocycles. The van der Waals surface area contributed by atoms with Crippen LogP contribution in [0.1, 0.15) is 61.4 Å². The Kier molecular flexibility index (Phi) is 18.5. The predicted octanol–water partition coefficient (Wildman–Crippen LogP) is 8.55. The van der Waals surface area contributed by atoms with E-state index in [2.05, 4.69) is 49.3 Å². The van der Waals surface area contributed by atoms with Gasteiger partial charge in [0, 0.05) is 104 Å². The molecule has 8 rings (SSSR count). The smallest absolute Gasteiger partial charge is 0.465 e. The number of halogens is 4. The molecule has 0 bridgehead atoms. The predicted molar refractivity (Wildman–Crippen MR) is 287 cm³/mol. The number of alkyl halides is 3. The fourth-order valence-corrected chi connectivity index (χ4v) is 13.7. The van der Waals surface area contributed by atoms with Crippen LogP contribution >= 0.6 is 23.4 Å². The van der Waals surface area contributed by atoms with E-state index in [4.69, 9.17) is 16.3 Å². The zero-order valence-electron chi connectivity index (χ0n) is 41.9. The highest BCUT2D eigenvalue weighted by molar-refractivity contribution is 7.99. The van der Waals surface area contributed by atoms with Crippen molar-refractivity contribution in [3.8, 4) is 0 Å². The molecule has 3 atom stereocenters. The first-order valence-corrected chi connectivity index (χ1v) is 29.6. The first kappa shape index (κ1) is 56.3. The van der Waals surface area contributed by atoms with Gasteiger partial charge in [0.15, 0.2) is 0 Å². The summed E-state index contributed by atoms with van der Waals surface area (Å²) in [4.78, 5) is 32.9. The van der Waals surface area contributed by atoms with Gasteiger partial charge in [0.1, 0.15) is 4.90 Å². The van der Waals surface area contributed by atoms with Crippen LogP contribution in [0.3, 0.4) is 0 Å². The number of carbonyl (C=O) groups is 2. The van der Waals surface area contributed by atoms with Crippen molar-refractivity contribution in [2.75, 3.05) is 101 Å². The van der Waals surface area contributed by atoms with Crippen molar-refractivity contribution in [1.82, 2.24) is 24.7 Å². The van der Waals surface area contributed by atoms with E-state index in [0.717, 1.165) is 93.1 Å². The van der Waals surface area contributed by atoms with Gasteiger partial charge in [0.05, 0.1) is 23.8 Å². The van der Waals surface area contributed by atoms with E-state index < -0.39 is 58.9 Å². The molecule has 3 saturated heterocycles. The summed E-state index contributed by atoms with van der Waals surface area (Å²) in [7, 11) is -11.0. The van der Waals surface area contributed by atoms with Crippen LogP contribution in [-0.4, -0.2) is 157 Å². The lowest BCUT2D eigenvalue weighted by Crippen LogP contribution is -2.50. The van der Waals surface area contributed by atoms with E-state index in [-0.39, 0.29) is 17.0 Å². The van der Waals surface area contributed by atoms with E-state index in [0.29, 0.717) is 75.7 Å². The molecule has 0 saturated carbocycles. The maximum atomic E-state index is 14.3. The minimum atomic E-state index is -6.08. The second-order valence-corrected chi connectivity index (χ2v) is 25.3. The van der Waals surface area contributed by atoms with E-state index in [1.807, 2.05) is 47.2 Å². The van der Waals surface area contributed by atoms with Gasteiger partial charge in [-0.05, 0) is 128 Å². The van der Waals surface area contributed by atoms with Crippen LogP contribution < -0.4 is 20.3 Å². The molecule has 1 aliphatic carbocycles. The number of nitrogens with one attached hydrogen (secondary N) is 3. The zero-order chi connectivity index (χ0) is 53.4. The third-order valence-electron chi connectivity index (χ3n) is 14.5. The van der Waals surface area contributed by atoms with Crippen LogP contribution in [0.5, 0.6) is 0 Å². The van der Waals surface area contributed by atoms with Crippen molar-refractivity contribution in [3.05, 3.63) is 119 Å². The number of thioether (sulfide) groups is 1. The number of nitrogens with zero attached hydrogens (tertiary/aromatic N) is 4. The van der Waals surface area contributed by atoms with Gasteiger partial charge in [-0.15, -0.1) is 11.8 Å². The first-order valence-electron chi connectivity index (χ1n) is 25.3. The number of morpholine rings is 1. The SMILES string of the molecule is CC1(CN2CCC[C@@H](NC(=O)O)C2)CCC(c2ccc(Cl)cc2)=C(CN2CCN(c3ccc(C(=O)NS(=O)(=O)c4ccc(N[C@H](CCN5CCOCC5)CSc5ccccc5)c(S(=O)(=O)C(F)(F)F)c4)cc3)CC2)C1. The molecule has 0 spiro atoms. The van der Waals surface area contributed by atoms with E-state index in [1.54, 1.807) is 12.1 Å². The van der Waals surface area contributed by atoms with Crippen molar-refractivity contribution in [2.24, 2.45) is 5.41 Å². The minimum Gasteiger partial charge on any atom is -0.465 e. The maximum absolute atomic E-state index is 14.3. The number of likely N-dealkylation sites (tertiary alicyclic amines) is 1. The minimum absolute atomic E-state index is 0.0000740. The summed E-state index contributed by atoms with van der Waals surface area (Å²) >= 11 is 7.73. The molecule has 3 aliphatic heterocycles. The summed E-state index contributed by atoms with van der Waals surface area (Å²) in [5.74, 6) is -0.689. The number of allylic oxidation sites excluding steroid dienone is 1. The second kappa shape index (κ2) is 24.6. The van der Waals surface area contributed by atoms with Crippen molar-refractivity contribution in [1.29, 1.82) is 0 Å². The lowest BCUT2D eigenvalue weighted by molar-refractivity contribution is -0.0436. The summed E-state index contributed by atoms with van der Waals surface area (Å²) in [5.41, 5.74) is -1.51. The highest BCUT2D eigenvalue weighted by Crippen LogP contribution is 2.44. The Morgan fingerprint density at radius 1 is 0.880 bits per heavy atom. The van der Waals surface area contributed by atoms with E-state index >= 15 is 0 Å². The molecular weight excluding hydrogens is 1050 g/mol. The third kappa shape index (κ3) is 15.0. The molecule has 4 aromatic rings. The van der Waals surface area contributed by atoms with Crippen molar-refractivity contribution in [3.63, 3.8) is 0 Å². The van der Waals surface area contributed by atoms with Gasteiger partial charge in [-0.2, -0.15) is 13.2 Å². The van der Waals surface area contributed by atoms with Crippen LogP contribution in [-0.2, 0) is 24.6 Å². The number of hydrogen-bond donors (Lipinski definition) is 4. The lowest BCUT2D eigenvalue weighted by Gasteiger charge is -2.44. The van der Waals surface area contributed by atoms with Crippen molar-refractivity contribution in [2.45, 2.75) is 77.7 Å². The monoisotopic (exact) mass is 1120 g/mol. The van der Waals surface area contributed by atoms with E-state index in [1.165, 1.54) is 35.0 Å². The highest BCUT2D eigenvalue weighted by Gasteiger charge is 2.48. The summed E-state index contributed by atoms with van der Waals surface area (Å²) in [6, 6.07) is 25.5. The summed E-state index contributed by atoms with van der Waals surface area (Å²) < 4.78 is 104. The Labute approximate surface area is 447 Å². The number of rotatable bonds is 19. The zero-order valence-corrected chi connectivity index (χ0v) is 45.1. The summed E-state index contributed by atoms with van der Waals surface area (Å²) in [6.07, 6.45) is 4.03. The molecule has 4 aromatic carbocycles. The third-order valence-corrected chi connectivity index (χ3v) is 18.8. The Morgan fingerprint density at radius 3 is 2.27 bits per heavy atom. The van der Waals surface area contributed by atoms with E-state index in [9.17, 15) is 44.7 Å². The topological polar surface area (TPSA) is 181 Å². The van der Waals surface area contributed by atoms with Crippen LogP contribution in [0.4, 0.5) is 29.3 Å². The number of piperidine rings is 1. The molecule has 22 heteroatoms. The largest absolute Gasteiger partial charge is 0.501 e. The molecular formula is C53H65ClF3N7O8S3. The van der Waals surface area contributed by atoms with Crippen molar-refractivity contribution < 1.29 is 49.4 Å². The number of piperazine rings is 1. The molecule has 2 amide bonds. The average molecular weight is 1120 g/mol. The molecule has 0 radical (unpaired) electrons. The number of carbonyl (C=O) groups excluding carboxylic acids is 1. The molecule has 406 valence electrons. The molecule has 4 N–H and O–H groups in total. The lowest BCUT2D eigenvalue weighted by atomic mass is 9.71. The summed E-state index contributed by atoms with van der Waals surface area (Å²) in [6.45, 7) is 11.5. The fraction of sp³-hybridized carbons (Fsp3) is 0.472. The van der Waals surface area contributed by atoms with Gasteiger partial charge in [-0.3, -0.25) is 14.6 Å². The molecule has 1 unspecified atom stereocenters. The first-order chi connectivity index (χ1) is 35.7. The molecule has 3 fully saturated rings. The molecule has 15 nitrogen and oxygen atoms in total. The number of carboxylic acid groups (broad SMARTS) is 1. The van der Waals surface area contributed by atoms with Crippen molar-refractivity contribution >= 4 is 72.2 Å². The standard InChI is InChI=1S/C53H65ClF3N7O8S3/c1-52(37-63-22-5-6-42(35-63)59-51(66)67)21-19-47(38-9-13-41(54)14-10-38)40(33-52)34-62-24-26-64(27-25-62)44-15-11-39(12-16-44)50(65)60-75(70,71)46-17-18-48(49(32-46)74(68,69)53(55,56)57)58-43(20-23-61-28-30-72-31-29-61)36-73-45-7-3-2-4-8-45/h2-4,7-18,32,42-43,58-59H,5-6,19-31,33-37H2,1H3,(H,60,65)(H,66,67)/t42-,43-,52?/m1/s1. The van der Waals surface area contributed by atoms with Gasteiger partial charge in [0.2, 0.25) is 0 Å². The number of anilines is 2. The number of hydrogen-bond acceptors (Lipinski definition) is 13. The van der Waals surface area contributed by atoms with Crippen LogP contribution in [0, 0.1) is 5.41 Å². The Bertz CT molecular complexity index is 2870. The highest BCUT2D eigenvalue weighted by atomic mass is 35.5. The second-order valence-electron chi connectivity index (χ2n) is 20.2. The van der Waals surface area contributed by atoms with Gasteiger partial charge >= 0.3 is 11.6 Å². The molecule has 0 aromatic heterocycles. The average Bonchev–Trinajstić information content (AvgIpc) is 3.38. The van der Waals surface area contributed by atoms with Crippen LogP contribution in [0.2, 0.25) is 5.02 Å². The number of amides is 2. The molecule has 75 heavy (non-hydrogen) atoms. The maximum Gasteiger partial charge on any atom is 0.501 e. The number of sulfonamides is 1. The number of sulfone groups is 1. The summed E-state index contributed by atoms with van der Waals surface area (Å²) in [5, 5.41) is 15.7. The molecule has 4 aliphatic rings. The number of ether oxygens (including phenoxy) is 1. The van der Waals surface area contributed by atoms with Gasteiger partial charge in [-0.1, -0.05) is 54.4 Å². The fourth-order valence-electron chi connectivity index (χ4n) is 10.6. The van der Waals surface area contributed by atoms with Gasteiger partial charge in [-0.25, -0.2) is 26.4 Å². The normalized spacial score (nSPS) is 21.1. The number of benzene rings is 4. The Balaban J connectivity index is 0.914. The Morgan fingerprint density at radius 2 is 1.59 bits per heavy atom. The van der Waals surface area contributed by atoms with Gasteiger partial charge in [0.25, 0.3) is 25.8 Å². The van der Waals surface area contributed by atoms with Gasteiger partial charge < -0.3 is 30.3 Å². The quantitative estimate of drug-likeness (QED) is 0.0656. The Hall–Kier alpha value is -4.87.